The maximum atomic E-state index is 12.1. The highest BCUT2D eigenvalue weighted by molar-refractivity contribution is 6.30. The van der Waals surface area contributed by atoms with E-state index in [-0.39, 0.29) is 0 Å². The van der Waals surface area contributed by atoms with Gasteiger partial charge >= 0.3 is 5.97 Å². The second-order valence-electron chi connectivity index (χ2n) is 5.70. The quantitative estimate of drug-likeness (QED) is 0.801. The number of benzene rings is 1. The minimum atomic E-state index is -0.402. The van der Waals surface area contributed by atoms with Crippen molar-refractivity contribution in [2.75, 3.05) is 18.6 Å². The third-order valence-corrected chi connectivity index (χ3v) is 4.41. The van der Waals surface area contributed by atoms with Crippen LogP contribution in [0.1, 0.15) is 28.8 Å². The average molecular weight is 331 g/mol. The number of rotatable bonds is 4. The summed E-state index contributed by atoms with van der Waals surface area (Å²) in [5.74, 6) is 0.264. The van der Waals surface area contributed by atoms with E-state index in [0.717, 1.165) is 25.8 Å². The summed E-state index contributed by atoms with van der Waals surface area (Å²) in [6.07, 6.45) is 4.69. The fourth-order valence-corrected chi connectivity index (χ4v) is 3.29. The van der Waals surface area contributed by atoms with Crippen molar-refractivity contribution in [2.45, 2.75) is 25.3 Å². The van der Waals surface area contributed by atoms with Crippen LogP contribution in [0.5, 0.6) is 0 Å². The van der Waals surface area contributed by atoms with Crippen LogP contribution in [0.15, 0.2) is 42.6 Å². The van der Waals surface area contributed by atoms with Crippen molar-refractivity contribution >= 4 is 23.4 Å². The number of carbonyl (C=O) groups excluding carboxylic acids is 1. The van der Waals surface area contributed by atoms with E-state index in [1.165, 1.54) is 12.7 Å². The second kappa shape index (κ2) is 7.01. The number of nitrogens with zero attached hydrogens (tertiary/aromatic N) is 2. The summed E-state index contributed by atoms with van der Waals surface area (Å²) in [4.78, 5) is 18.7. The van der Waals surface area contributed by atoms with Gasteiger partial charge in [-0.05, 0) is 30.9 Å². The Labute approximate surface area is 141 Å². The summed E-state index contributed by atoms with van der Waals surface area (Å²) >= 11 is 6.00. The molecule has 0 radical (unpaired) electrons. The van der Waals surface area contributed by atoms with E-state index in [1.54, 1.807) is 12.3 Å². The molecule has 2 aromatic rings. The Balaban J connectivity index is 1.89. The van der Waals surface area contributed by atoms with Gasteiger partial charge in [-0.15, -0.1) is 0 Å². The number of hydrogen-bond acceptors (Lipinski definition) is 4. The van der Waals surface area contributed by atoms with Crippen LogP contribution in [-0.2, 0) is 11.2 Å². The van der Waals surface area contributed by atoms with Crippen LogP contribution in [0.2, 0.25) is 5.02 Å². The molecular formula is C18H19ClN2O2. The van der Waals surface area contributed by atoms with E-state index in [9.17, 15) is 4.79 Å². The van der Waals surface area contributed by atoms with Gasteiger partial charge in [-0.1, -0.05) is 41.9 Å². The van der Waals surface area contributed by atoms with Crippen LogP contribution < -0.4 is 4.90 Å². The number of halogens is 1. The third-order valence-electron chi connectivity index (χ3n) is 4.20. The lowest BCUT2D eigenvalue weighted by molar-refractivity contribution is 0.0601. The van der Waals surface area contributed by atoms with Crippen LogP contribution >= 0.6 is 11.6 Å². The molecule has 1 aliphatic heterocycles. The highest BCUT2D eigenvalue weighted by Gasteiger charge is 2.29. The van der Waals surface area contributed by atoms with Gasteiger partial charge < -0.3 is 9.64 Å². The molecule has 1 saturated heterocycles. The Kier molecular flexibility index (Phi) is 4.82. The summed E-state index contributed by atoms with van der Waals surface area (Å²) in [6, 6.07) is 12.3. The predicted molar refractivity (Wildman–Crippen MR) is 91.1 cm³/mol. The topological polar surface area (TPSA) is 42.4 Å². The van der Waals surface area contributed by atoms with Gasteiger partial charge in [0.05, 0.1) is 12.1 Å². The number of pyridine rings is 1. The molecule has 23 heavy (non-hydrogen) atoms. The van der Waals surface area contributed by atoms with Gasteiger partial charge in [-0.2, -0.15) is 0 Å². The van der Waals surface area contributed by atoms with Crippen LogP contribution in [0.4, 0.5) is 5.82 Å². The zero-order valence-corrected chi connectivity index (χ0v) is 13.8. The molecule has 2 heterocycles. The molecule has 0 saturated carbocycles. The van der Waals surface area contributed by atoms with Crippen molar-refractivity contribution in [1.82, 2.24) is 4.98 Å². The molecule has 1 atom stereocenters. The maximum absolute atomic E-state index is 12.1. The lowest BCUT2D eigenvalue weighted by Crippen LogP contribution is -2.33. The first-order valence-electron chi connectivity index (χ1n) is 7.73. The number of anilines is 1. The predicted octanol–water partition coefficient (Wildman–Crippen LogP) is 3.73. The van der Waals surface area contributed by atoms with E-state index >= 15 is 0 Å². The summed E-state index contributed by atoms with van der Waals surface area (Å²) in [5.41, 5.74) is 1.72. The summed E-state index contributed by atoms with van der Waals surface area (Å²) in [6.45, 7) is 0.885. The van der Waals surface area contributed by atoms with E-state index < -0.39 is 5.97 Å². The van der Waals surface area contributed by atoms with E-state index in [0.29, 0.717) is 22.4 Å². The molecule has 4 nitrogen and oxygen atoms in total. The lowest BCUT2D eigenvalue weighted by Gasteiger charge is -2.27. The molecule has 0 aliphatic carbocycles. The molecule has 0 amide bonds. The minimum Gasteiger partial charge on any atom is -0.465 e. The number of carbonyl (C=O) groups is 1. The van der Waals surface area contributed by atoms with Gasteiger partial charge in [0.2, 0.25) is 0 Å². The Hall–Kier alpha value is -2.07. The van der Waals surface area contributed by atoms with Crippen molar-refractivity contribution in [3.05, 3.63) is 58.7 Å². The van der Waals surface area contributed by atoms with Crippen molar-refractivity contribution in [3.8, 4) is 0 Å². The Bertz CT molecular complexity index is 691. The number of methoxy groups -OCH3 is 1. The van der Waals surface area contributed by atoms with Crippen LogP contribution in [-0.4, -0.2) is 30.6 Å². The van der Waals surface area contributed by atoms with Crippen molar-refractivity contribution in [1.29, 1.82) is 0 Å². The van der Waals surface area contributed by atoms with Gasteiger partial charge in [-0.3, -0.25) is 0 Å². The molecular weight excluding hydrogens is 312 g/mol. The molecule has 1 aliphatic rings. The number of ether oxygens (including phenoxy) is 1. The number of hydrogen-bond donors (Lipinski definition) is 0. The molecule has 1 aromatic carbocycles. The SMILES string of the molecule is COC(=O)c1cc(Cl)cnc1N1CCCC1Cc1ccccc1. The molecule has 5 heteroatoms. The molecule has 1 unspecified atom stereocenters. The molecule has 1 aromatic heterocycles. The third kappa shape index (κ3) is 3.48. The van der Waals surface area contributed by atoms with Crippen LogP contribution in [0.3, 0.4) is 0 Å². The van der Waals surface area contributed by atoms with Gasteiger partial charge in [0.15, 0.2) is 0 Å². The first kappa shape index (κ1) is 15.8. The van der Waals surface area contributed by atoms with Crippen LogP contribution in [0.25, 0.3) is 0 Å². The Morgan fingerprint density at radius 2 is 2.17 bits per heavy atom. The molecule has 0 spiro atoms. The molecule has 1 fully saturated rings. The fraction of sp³-hybridized carbons (Fsp3) is 0.333. The minimum absolute atomic E-state index is 0.328. The van der Waals surface area contributed by atoms with E-state index in [1.807, 2.05) is 6.07 Å². The van der Waals surface area contributed by atoms with Crippen LogP contribution in [0, 0.1) is 0 Å². The Morgan fingerprint density at radius 3 is 2.91 bits per heavy atom. The molecule has 0 N–H and O–H groups in total. The largest absolute Gasteiger partial charge is 0.465 e. The number of aromatic nitrogens is 1. The Morgan fingerprint density at radius 1 is 1.39 bits per heavy atom. The first-order valence-corrected chi connectivity index (χ1v) is 8.11. The highest BCUT2D eigenvalue weighted by Crippen LogP contribution is 2.30. The van der Waals surface area contributed by atoms with E-state index in [4.69, 9.17) is 16.3 Å². The number of esters is 1. The van der Waals surface area contributed by atoms with Gasteiger partial charge in [0, 0.05) is 18.8 Å². The molecule has 120 valence electrons. The maximum Gasteiger partial charge on any atom is 0.341 e. The van der Waals surface area contributed by atoms with Crippen molar-refractivity contribution < 1.29 is 9.53 Å². The second-order valence-corrected chi connectivity index (χ2v) is 6.13. The summed E-state index contributed by atoms with van der Waals surface area (Å²) in [7, 11) is 1.37. The molecule has 0 bridgehead atoms. The van der Waals surface area contributed by atoms with Gasteiger partial charge in [0.1, 0.15) is 11.4 Å². The highest BCUT2D eigenvalue weighted by atomic mass is 35.5. The normalized spacial score (nSPS) is 17.3. The summed E-state index contributed by atoms with van der Waals surface area (Å²) in [5, 5.41) is 0.438. The lowest BCUT2D eigenvalue weighted by atomic mass is 10.0. The standard InChI is InChI=1S/C18H19ClN2O2/c1-23-18(22)16-11-14(19)12-20-17(16)21-9-5-8-15(21)10-13-6-3-2-4-7-13/h2-4,6-7,11-12,15H,5,8-10H2,1H3. The molecule has 3 rings (SSSR count). The monoisotopic (exact) mass is 330 g/mol. The van der Waals surface area contributed by atoms with Crippen molar-refractivity contribution in [2.24, 2.45) is 0 Å². The zero-order chi connectivity index (χ0) is 16.2. The van der Waals surface area contributed by atoms with Gasteiger partial charge in [0.25, 0.3) is 0 Å². The first-order chi connectivity index (χ1) is 11.2. The van der Waals surface area contributed by atoms with Gasteiger partial charge in [-0.25, -0.2) is 9.78 Å². The zero-order valence-electron chi connectivity index (χ0n) is 13.0. The van der Waals surface area contributed by atoms with E-state index in [2.05, 4.69) is 34.1 Å². The van der Waals surface area contributed by atoms with Crippen molar-refractivity contribution in [3.63, 3.8) is 0 Å². The average Bonchev–Trinajstić information content (AvgIpc) is 3.03. The smallest absolute Gasteiger partial charge is 0.341 e. The fourth-order valence-electron chi connectivity index (χ4n) is 3.13. The summed E-state index contributed by atoms with van der Waals surface area (Å²) < 4.78 is 4.88.